The minimum absolute atomic E-state index is 0.0533. The molecule has 1 aromatic heterocycles. The summed E-state index contributed by atoms with van der Waals surface area (Å²) in [5.41, 5.74) is 3.07. The van der Waals surface area contributed by atoms with E-state index in [1.54, 1.807) is 6.07 Å². The number of benzene rings is 2. The van der Waals surface area contributed by atoms with Crippen LogP contribution in [-0.2, 0) is 0 Å². The molecule has 96 valence electrons. The van der Waals surface area contributed by atoms with Crippen LogP contribution in [0.4, 0.5) is 5.69 Å². The molecule has 19 heavy (non-hydrogen) atoms. The van der Waals surface area contributed by atoms with Crippen molar-refractivity contribution in [3.63, 3.8) is 0 Å². The van der Waals surface area contributed by atoms with Gasteiger partial charge in [0.05, 0.1) is 6.04 Å². The maximum Gasteiger partial charge on any atom is 0.120 e. The first kappa shape index (κ1) is 11.7. The molecule has 3 heteroatoms. The van der Waals surface area contributed by atoms with E-state index in [0.717, 1.165) is 16.8 Å². The smallest absolute Gasteiger partial charge is 0.120 e. The van der Waals surface area contributed by atoms with E-state index in [1.165, 1.54) is 5.39 Å². The lowest BCUT2D eigenvalue weighted by molar-refractivity contribution is 0.465. The van der Waals surface area contributed by atoms with Gasteiger partial charge < -0.3 is 15.4 Å². The minimum atomic E-state index is 0.0533. The zero-order valence-corrected chi connectivity index (χ0v) is 10.7. The highest BCUT2D eigenvalue weighted by Crippen LogP contribution is 2.27. The maximum atomic E-state index is 9.85. The Morgan fingerprint density at radius 1 is 1.11 bits per heavy atom. The standard InChI is InChI=1S/C16H16N2O/c1-11(14-4-2-3-5-16(14)19)18-13-6-7-15-12(10-13)8-9-17-15/h2-11,17-19H,1H3. The van der Waals surface area contributed by atoms with Crippen molar-refractivity contribution in [2.75, 3.05) is 5.32 Å². The van der Waals surface area contributed by atoms with Gasteiger partial charge in [0, 0.05) is 28.4 Å². The number of para-hydroxylation sites is 1. The number of aromatic hydroxyl groups is 1. The summed E-state index contributed by atoms with van der Waals surface area (Å²) in [6.45, 7) is 2.04. The number of phenolic OH excluding ortho intramolecular Hbond substituents is 1. The fraction of sp³-hybridized carbons (Fsp3) is 0.125. The van der Waals surface area contributed by atoms with Gasteiger partial charge in [-0.15, -0.1) is 0 Å². The highest BCUT2D eigenvalue weighted by Gasteiger charge is 2.09. The van der Waals surface area contributed by atoms with Crippen molar-refractivity contribution in [1.29, 1.82) is 0 Å². The fourth-order valence-electron chi connectivity index (χ4n) is 2.32. The number of phenols is 1. The first-order valence-corrected chi connectivity index (χ1v) is 6.35. The molecule has 1 atom stereocenters. The Morgan fingerprint density at radius 3 is 2.79 bits per heavy atom. The van der Waals surface area contributed by atoms with Gasteiger partial charge in [-0.3, -0.25) is 0 Å². The molecule has 1 unspecified atom stereocenters. The number of aromatic amines is 1. The van der Waals surface area contributed by atoms with Gasteiger partial charge in [0.2, 0.25) is 0 Å². The van der Waals surface area contributed by atoms with E-state index in [1.807, 2.05) is 43.5 Å². The predicted molar refractivity (Wildman–Crippen MR) is 78.4 cm³/mol. The Morgan fingerprint density at radius 2 is 1.95 bits per heavy atom. The van der Waals surface area contributed by atoms with Crippen LogP contribution in [0.3, 0.4) is 0 Å². The van der Waals surface area contributed by atoms with E-state index in [-0.39, 0.29) is 6.04 Å². The van der Waals surface area contributed by atoms with Crippen molar-refractivity contribution >= 4 is 16.6 Å². The van der Waals surface area contributed by atoms with Crippen LogP contribution in [0.5, 0.6) is 5.75 Å². The molecule has 0 radical (unpaired) electrons. The average Bonchev–Trinajstić information content (AvgIpc) is 2.86. The Labute approximate surface area is 111 Å². The molecular formula is C16H16N2O. The summed E-state index contributed by atoms with van der Waals surface area (Å²) < 4.78 is 0. The molecule has 0 saturated carbocycles. The van der Waals surface area contributed by atoms with Crippen molar-refractivity contribution in [2.45, 2.75) is 13.0 Å². The van der Waals surface area contributed by atoms with Crippen molar-refractivity contribution < 1.29 is 5.11 Å². The molecule has 0 bridgehead atoms. The monoisotopic (exact) mass is 252 g/mol. The number of aromatic nitrogens is 1. The topological polar surface area (TPSA) is 48.0 Å². The Bertz CT molecular complexity index is 703. The maximum absolute atomic E-state index is 9.85. The molecule has 2 aromatic carbocycles. The molecule has 3 aromatic rings. The first-order valence-electron chi connectivity index (χ1n) is 6.35. The molecule has 1 heterocycles. The highest BCUT2D eigenvalue weighted by atomic mass is 16.3. The van der Waals surface area contributed by atoms with Crippen LogP contribution < -0.4 is 5.32 Å². The number of fused-ring (bicyclic) bond motifs is 1. The molecule has 0 amide bonds. The number of H-pyrrole nitrogens is 1. The lowest BCUT2D eigenvalue weighted by Crippen LogP contribution is -2.06. The summed E-state index contributed by atoms with van der Waals surface area (Å²) in [7, 11) is 0. The molecule has 0 saturated heterocycles. The van der Waals surface area contributed by atoms with Gasteiger partial charge in [-0.2, -0.15) is 0 Å². The van der Waals surface area contributed by atoms with Gasteiger partial charge in [0.15, 0.2) is 0 Å². The molecule has 3 nitrogen and oxygen atoms in total. The van der Waals surface area contributed by atoms with Gasteiger partial charge in [0.1, 0.15) is 5.75 Å². The number of hydrogen-bond donors (Lipinski definition) is 3. The quantitative estimate of drug-likeness (QED) is 0.658. The van der Waals surface area contributed by atoms with E-state index in [4.69, 9.17) is 0 Å². The van der Waals surface area contributed by atoms with Crippen molar-refractivity contribution in [3.8, 4) is 5.75 Å². The lowest BCUT2D eigenvalue weighted by Gasteiger charge is -2.16. The van der Waals surface area contributed by atoms with E-state index < -0.39 is 0 Å². The minimum Gasteiger partial charge on any atom is -0.508 e. The Balaban J connectivity index is 1.86. The highest BCUT2D eigenvalue weighted by molar-refractivity contribution is 5.83. The van der Waals surface area contributed by atoms with Crippen molar-refractivity contribution in [1.82, 2.24) is 4.98 Å². The second-order valence-corrected chi connectivity index (χ2v) is 4.70. The average molecular weight is 252 g/mol. The van der Waals surface area contributed by atoms with Gasteiger partial charge in [-0.25, -0.2) is 0 Å². The van der Waals surface area contributed by atoms with Crippen molar-refractivity contribution in [2.24, 2.45) is 0 Å². The molecule has 0 aliphatic heterocycles. The van der Waals surface area contributed by atoms with Crippen LogP contribution in [0.15, 0.2) is 54.7 Å². The third-order valence-electron chi connectivity index (χ3n) is 3.34. The number of hydrogen-bond acceptors (Lipinski definition) is 2. The second kappa shape index (κ2) is 4.69. The summed E-state index contributed by atoms with van der Waals surface area (Å²) in [4.78, 5) is 3.17. The molecule has 0 spiro atoms. The fourth-order valence-corrected chi connectivity index (χ4v) is 2.32. The van der Waals surface area contributed by atoms with Crippen LogP contribution >= 0.6 is 0 Å². The van der Waals surface area contributed by atoms with E-state index in [2.05, 4.69) is 22.4 Å². The summed E-state index contributed by atoms with van der Waals surface area (Å²) in [5, 5.41) is 14.4. The third-order valence-corrected chi connectivity index (χ3v) is 3.34. The summed E-state index contributed by atoms with van der Waals surface area (Å²) in [6, 6.07) is 15.7. The third kappa shape index (κ3) is 2.27. The largest absolute Gasteiger partial charge is 0.508 e. The second-order valence-electron chi connectivity index (χ2n) is 4.70. The van der Waals surface area contributed by atoms with Gasteiger partial charge >= 0.3 is 0 Å². The summed E-state index contributed by atoms with van der Waals surface area (Å²) in [5.74, 6) is 0.324. The normalized spacial score (nSPS) is 12.5. The zero-order valence-electron chi connectivity index (χ0n) is 10.7. The predicted octanol–water partition coefficient (Wildman–Crippen LogP) is 4.05. The van der Waals surface area contributed by atoms with Crippen LogP contribution in [0.1, 0.15) is 18.5 Å². The van der Waals surface area contributed by atoms with Crippen LogP contribution in [0.2, 0.25) is 0 Å². The van der Waals surface area contributed by atoms with Crippen LogP contribution in [-0.4, -0.2) is 10.1 Å². The van der Waals surface area contributed by atoms with Crippen molar-refractivity contribution in [3.05, 3.63) is 60.3 Å². The summed E-state index contributed by atoms with van der Waals surface area (Å²) >= 11 is 0. The van der Waals surface area contributed by atoms with Crippen LogP contribution in [0, 0.1) is 0 Å². The lowest BCUT2D eigenvalue weighted by atomic mass is 10.1. The molecule has 3 N–H and O–H groups in total. The van der Waals surface area contributed by atoms with Gasteiger partial charge in [0.25, 0.3) is 0 Å². The van der Waals surface area contributed by atoms with E-state index in [9.17, 15) is 5.11 Å². The molecular weight excluding hydrogens is 236 g/mol. The number of anilines is 1. The molecule has 3 rings (SSSR count). The first-order chi connectivity index (χ1) is 9.24. The van der Waals surface area contributed by atoms with Gasteiger partial charge in [-0.05, 0) is 37.3 Å². The number of rotatable bonds is 3. The summed E-state index contributed by atoms with van der Waals surface area (Å²) in [6.07, 6.45) is 1.93. The number of nitrogens with one attached hydrogen (secondary N) is 2. The molecule has 0 aliphatic rings. The van der Waals surface area contributed by atoms with Gasteiger partial charge in [-0.1, -0.05) is 18.2 Å². The molecule has 0 fully saturated rings. The Hall–Kier alpha value is -2.42. The zero-order chi connectivity index (χ0) is 13.2. The van der Waals surface area contributed by atoms with E-state index >= 15 is 0 Å². The van der Waals surface area contributed by atoms with E-state index in [0.29, 0.717) is 5.75 Å². The SMILES string of the molecule is CC(Nc1ccc2[nH]ccc2c1)c1ccccc1O. The Kier molecular flexibility index (Phi) is 2.88. The molecule has 0 aliphatic carbocycles. The van der Waals surface area contributed by atoms with Crippen LogP contribution in [0.25, 0.3) is 10.9 Å².